The number of nitrogens with two attached hydrogens (primary N) is 1. The summed E-state index contributed by atoms with van der Waals surface area (Å²) in [5, 5.41) is 5.10. The molecule has 28 heavy (non-hydrogen) atoms. The largest absolute Gasteiger partial charge is 0.336 e. The maximum atomic E-state index is 13.7. The van der Waals surface area contributed by atoms with Crippen LogP contribution in [0, 0.1) is 5.41 Å². The van der Waals surface area contributed by atoms with E-state index in [1.54, 1.807) is 0 Å². The van der Waals surface area contributed by atoms with Crippen LogP contribution < -0.4 is 5.73 Å². The first-order valence-electron chi connectivity index (χ1n) is 10.6. The highest BCUT2D eigenvalue weighted by Crippen LogP contribution is 2.41. The predicted molar refractivity (Wildman–Crippen MR) is 109 cm³/mol. The highest BCUT2D eigenvalue weighted by molar-refractivity contribution is 6.06. The van der Waals surface area contributed by atoms with Gasteiger partial charge in [0.2, 0.25) is 0 Å². The molecular weight excluding hydrogens is 352 g/mol. The molecule has 2 unspecified atom stereocenters. The van der Waals surface area contributed by atoms with E-state index in [2.05, 4.69) is 25.9 Å². The van der Waals surface area contributed by atoms with Crippen molar-refractivity contribution in [2.45, 2.75) is 84.2 Å². The standard InChI is InChI=1S/C22H32N4O2/c1-13(23)18-7-5-6-10-26(18)21(27)15-11-16(14-8-9-14)24-20-19(15)17(25-28-20)12-22(2,3)4/h11,13-14,18H,5-10,12,23H2,1-4H3. The smallest absolute Gasteiger partial charge is 0.259 e. The van der Waals surface area contributed by atoms with E-state index < -0.39 is 0 Å². The molecule has 1 amide bonds. The third-order valence-corrected chi connectivity index (χ3v) is 5.88. The Morgan fingerprint density at radius 3 is 2.71 bits per heavy atom. The minimum atomic E-state index is -0.0407. The van der Waals surface area contributed by atoms with E-state index in [1.807, 2.05) is 17.9 Å². The van der Waals surface area contributed by atoms with Crippen molar-refractivity contribution in [1.82, 2.24) is 15.0 Å². The molecule has 6 nitrogen and oxygen atoms in total. The van der Waals surface area contributed by atoms with Crippen LogP contribution in [0.5, 0.6) is 0 Å². The van der Waals surface area contributed by atoms with Crippen LogP contribution in [0.25, 0.3) is 11.1 Å². The van der Waals surface area contributed by atoms with Crippen molar-refractivity contribution in [1.29, 1.82) is 0 Å². The van der Waals surface area contributed by atoms with Gasteiger partial charge in [-0.1, -0.05) is 25.9 Å². The number of hydrogen-bond acceptors (Lipinski definition) is 5. The molecule has 2 aromatic heterocycles. The number of aromatic nitrogens is 2. The SMILES string of the molecule is CC(N)C1CCCCN1C(=O)c1cc(C2CC2)nc2onc(CC(C)(C)C)c12. The Kier molecular flexibility index (Phi) is 4.94. The fourth-order valence-electron chi connectivity index (χ4n) is 4.32. The Labute approximate surface area is 166 Å². The van der Waals surface area contributed by atoms with Gasteiger partial charge in [0.25, 0.3) is 11.6 Å². The molecule has 0 aromatic carbocycles. The van der Waals surface area contributed by atoms with Gasteiger partial charge >= 0.3 is 0 Å². The molecule has 0 spiro atoms. The van der Waals surface area contributed by atoms with Crippen LogP contribution >= 0.6 is 0 Å². The van der Waals surface area contributed by atoms with E-state index in [0.29, 0.717) is 17.2 Å². The van der Waals surface area contributed by atoms with Gasteiger partial charge in [0, 0.05) is 30.2 Å². The number of nitrogens with zero attached hydrogens (tertiary/aromatic N) is 3. The van der Waals surface area contributed by atoms with Crippen molar-refractivity contribution in [3.63, 3.8) is 0 Å². The van der Waals surface area contributed by atoms with E-state index in [4.69, 9.17) is 15.2 Å². The molecule has 2 fully saturated rings. The maximum Gasteiger partial charge on any atom is 0.259 e. The first kappa shape index (κ1) is 19.4. The number of piperidine rings is 1. The third-order valence-electron chi connectivity index (χ3n) is 5.88. The van der Waals surface area contributed by atoms with Gasteiger partial charge in [-0.25, -0.2) is 4.98 Å². The molecule has 2 aliphatic rings. The first-order valence-corrected chi connectivity index (χ1v) is 10.6. The Balaban J connectivity index is 1.81. The number of carbonyl (C=O) groups excluding carboxylic acids is 1. The van der Waals surface area contributed by atoms with Gasteiger partial charge in [0.1, 0.15) is 0 Å². The van der Waals surface area contributed by atoms with Crippen LogP contribution in [0.4, 0.5) is 0 Å². The second kappa shape index (κ2) is 7.14. The topological polar surface area (TPSA) is 85.2 Å². The Hall–Kier alpha value is -1.95. The number of carbonyl (C=O) groups is 1. The summed E-state index contributed by atoms with van der Waals surface area (Å²) in [6.45, 7) is 9.25. The Bertz CT molecular complexity index is 877. The zero-order chi connectivity index (χ0) is 20.1. The van der Waals surface area contributed by atoms with Crippen molar-refractivity contribution < 1.29 is 9.32 Å². The summed E-state index contributed by atoms with van der Waals surface area (Å²) in [4.78, 5) is 20.4. The summed E-state index contributed by atoms with van der Waals surface area (Å²) in [7, 11) is 0. The van der Waals surface area contributed by atoms with E-state index in [0.717, 1.165) is 61.8 Å². The van der Waals surface area contributed by atoms with Crippen molar-refractivity contribution in [2.24, 2.45) is 11.1 Å². The van der Waals surface area contributed by atoms with E-state index >= 15 is 0 Å². The summed E-state index contributed by atoms with van der Waals surface area (Å²) in [6.07, 6.45) is 6.10. The van der Waals surface area contributed by atoms with Crippen LogP contribution in [0.3, 0.4) is 0 Å². The monoisotopic (exact) mass is 384 g/mol. The summed E-state index contributed by atoms with van der Waals surface area (Å²) >= 11 is 0. The predicted octanol–water partition coefficient (Wildman–Crippen LogP) is 4.03. The van der Waals surface area contributed by atoms with Crippen LogP contribution in [0.15, 0.2) is 10.6 Å². The number of pyridine rings is 1. The minimum absolute atomic E-state index is 0.0404. The van der Waals surface area contributed by atoms with Gasteiger partial charge in [-0.05, 0) is 56.9 Å². The molecule has 2 N–H and O–H groups in total. The van der Waals surface area contributed by atoms with Gasteiger partial charge in [-0.3, -0.25) is 4.79 Å². The van der Waals surface area contributed by atoms with Gasteiger partial charge in [-0.2, -0.15) is 0 Å². The number of hydrogen-bond donors (Lipinski definition) is 1. The normalized spacial score (nSPS) is 21.9. The molecule has 6 heteroatoms. The lowest BCUT2D eigenvalue weighted by molar-refractivity contribution is 0.0585. The van der Waals surface area contributed by atoms with E-state index in [9.17, 15) is 4.79 Å². The third kappa shape index (κ3) is 3.79. The average Bonchev–Trinajstić information content (AvgIpc) is 3.42. The van der Waals surface area contributed by atoms with Gasteiger partial charge < -0.3 is 15.2 Å². The van der Waals surface area contributed by atoms with Gasteiger partial charge in [0.05, 0.1) is 16.6 Å². The van der Waals surface area contributed by atoms with Crippen LogP contribution in [0.2, 0.25) is 0 Å². The van der Waals surface area contributed by atoms with Gasteiger partial charge in [0.15, 0.2) is 0 Å². The number of likely N-dealkylation sites (tertiary alicyclic amines) is 1. The fraction of sp³-hybridized carbons (Fsp3) is 0.682. The second-order valence-electron chi connectivity index (χ2n) is 9.84. The molecular formula is C22H32N4O2. The van der Waals surface area contributed by atoms with Crippen LogP contribution in [-0.4, -0.2) is 39.6 Å². The van der Waals surface area contributed by atoms with E-state index in [-0.39, 0.29) is 23.4 Å². The van der Waals surface area contributed by atoms with Gasteiger partial charge in [-0.15, -0.1) is 0 Å². The van der Waals surface area contributed by atoms with Crippen molar-refractivity contribution in [2.75, 3.05) is 6.54 Å². The molecule has 3 heterocycles. The summed E-state index contributed by atoms with van der Waals surface area (Å²) < 4.78 is 5.61. The minimum Gasteiger partial charge on any atom is -0.336 e. The molecule has 1 aliphatic heterocycles. The van der Waals surface area contributed by atoms with Crippen molar-refractivity contribution in [3.8, 4) is 0 Å². The van der Waals surface area contributed by atoms with Crippen molar-refractivity contribution >= 4 is 17.0 Å². The lowest BCUT2D eigenvalue weighted by atomic mass is 9.88. The molecule has 4 rings (SSSR count). The molecule has 152 valence electrons. The number of amides is 1. The highest BCUT2D eigenvalue weighted by Gasteiger charge is 2.34. The lowest BCUT2D eigenvalue weighted by Crippen LogP contribution is -2.51. The first-order chi connectivity index (χ1) is 13.2. The summed E-state index contributed by atoms with van der Waals surface area (Å²) in [5.41, 5.74) is 9.26. The quantitative estimate of drug-likeness (QED) is 0.860. The molecule has 2 atom stereocenters. The molecule has 0 bridgehead atoms. The number of rotatable bonds is 4. The Morgan fingerprint density at radius 2 is 2.07 bits per heavy atom. The fourth-order valence-corrected chi connectivity index (χ4v) is 4.32. The summed E-state index contributed by atoms with van der Waals surface area (Å²) in [6, 6.07) is 2.04. The summed E-state index contributed by atoms with van der Waals surface area (Å²) in [5.74, 6) is 0.493. The van der Waals surface area contributed by atoms with Crippen LogP contribution in [-0.2, 0) is 6.42 Å². The maximum absolute atomic E-state index is 13.7. The second-order valence-corrected chi connectivity index (χ2v) is 9.84. The molecule has 1 saturated heterocycles. The van der Waals surface area contributed by atoms with E-state index in [1.165, 1.54) is 0 Å². The zero-order valence-electron chi connectivity index (χ0n) is 17.5. The van der Waals surface area contributed by atoms with Crippen LogP contribution in [0.1, 0.15) is 87.5 Å². The lowest BCUT2D eigenvalue weighted by Gasteiger charge is -2.38. The number of fused-ring (bicyclic) bond motifs is 1. The molecule has 1 aliphatic carbocycles. The average molecular weight is 385 g/mol. The highest BCUT2D eigenvalue weighted by atomic mass is 16.5. The molecule has 2 aromatic rings. The van der Waals surface area contributed by atoms with Crippen molar-refractivity contribution in [3.05, 3.63) is 23.0 Å². The Morgan fingerprint density at radius 1 is 1.32 bits per heavy atom. The molecule has 1 saturated carbocycles. The molecule has 0 radical (unpaired) electrons. The zero-order valence-corrected chi connectivity index (χ0v) is 17.5.